The van der Waals surface area contributed by atoms with Gasteiger partial charge in [-0.25, -0.2) is 8.42 Å². The predicted molar refractivity (Wildman–Crippen MR) is 95.0 cm³/mol. The molecule has 3 rings (SSSR count). The summed E-state index contributed by atoms with van der Waals surface area (Å²) in [6.45, 7) is 0. The van der Waals surface area contributed by atoms with Crippen molar-refractivity contribution in [2.45, 2.75) is 4.90 Å². The zero-order valence-electron chi connectivity index (χ0n) is 12.4. The van der Waals surface area contributed by atoms with Gasteiger partial charge >= 0.3 is 0 Å². The van der Waals surface area contributed by atoms with Gasteiger partial charge in [-0.2, -0.15) is 5.21 Å². The van der Waals surface area contributed by atoms with Crippen LogP contribution in [0, 0.1) is 0 Å². The van der Waals surface area contributed by atoms with Crippen molar-refractivity contribution in [1.29, 1.82) is 0 Å². The molecule has 12 heteroatoms. The van der Waals surface area contributed by atoms with Gasteiger partial charge in [-0.05, 0) is 23.4 Å². The first-order valence-electron chi connectivity index (χ1n) is 6.59. The Morgan fingerprint density at radius 3 is 2.68 bits per heavy atom. The zero-order valence-corrected chi connectivity index (χ0v) is 15.6. The summed E-state index contributed by atoms with van der Waals surface area (Å²) in [7, 11) is -3.52. The quantitative estimate of drug-likeness (QED) is 0.673. The van der Waals surface area contributed by atoms with Crippen molar-refractivity contribution < 1.29 is 13.2 Å². The molecule has 0 bridgehead atoms. The first-order chi connectivity index (χ1) is 11.8. The summed E-state index contributed by atoms with van der Waals surface area (Å²) in [6, 6.07) is 4.76. The van der Waals surface area contributed by atoms with Crippen molar-refractivity contribution in [2.75, 3.05) is 11.6 Å². The van der Waals surface area contributed by atoms with E-state index in [1.807, 2.05) is 0 Å². The molecule has 1 aromatic carbocycles. The van der Waals surface area contributed by atoms with Gasteiger partial charge in [-0.15, -0.1) is 21.5 Å². The van der Waals surface area contributed by atoms with Crippen LogP contribution in [0.15, 0.2) is 28.5 Å². The standard InChI is InChI=1S/C13H9Cl2N5O3S2/c1-25(22,23)9-5-24-11(10(9)15)13(21)16-8-4-6(14)2-3-7(8)12-17-19-20-18-12/h2-5H,1H3,(H,16,21)(H,17,18,19,20). The summed E-state index contributed by atoms with van der Waals surface area (Å²) in [4.78, 5) is 12.5. The number of hydrogen-bond acceptors (Lipinski definition) is 7. The molecule has 8 nitrogen and oxygen atoms in total. The Morgan fingerprint density at radius 1 is 1.32 bits per heavy atom. The topological polar surface area (TPSA) is 118 Å². The SMILES string of the molecule is CS(=O)(=O)c1csc(C(=O)Nc2cc(Cl)ccc2-c2nn[nH]n2)c1Cl. The number of nitrogens with zero attached hydrogens (tertiary/aromatic N) is 3. The number of aromatic nitrogens is 4. The van der Waals surface area contributed by atoms with Gasteiger partial charge in [0.1, 0.15) is 4.88 Å². The Balaban J connectivity index is 1.97. The highest BCUT2D eigenvalue weighted by molar-refractivity contribution is 7.91. The number of carbonyl (C=O) groups is 1. The van der Waals surface area contributed by atoms with Crippen molar-refractivity contribution in [3.8, 4) is 11.4 Å². The number of H-pyrrole nitrogens is 1. The molecule has 25 heavy (non-hydrogen) atoms. The molecule has 2 heterocycles. The second-order valence-corrected chi connectivity index (χ2v) is 8.57. The van der Waals surface area contributed by atoms with E-state index in [1.165, 1.54) is 11.4 Å². The number of thiophene rings is 1. The fourth-order valence-electron chi connectivity index (χ4n) is 2.00. The van der Waals surface area contributed by atoms with Crippen LogP contribution in [-0.2, 0) is 9.84 Å². The maximum atomic E-state index is 12.5. The summed E-state index contributed by atoms with van der Waals surface area (Å²) in [5.41, 5.74) is 0.826. The second-order valence-electron chi connectivity index (χ2n) is 4.89. The molecule has 0 saturated heterocycles. The van der Waals surface area contributed by atoms with Crippen molar-refractivity contribution in [3.63, 3.8) is 0 Å². The minimum Gasteiger partial charge on any atom is -0.320 e. The molecule has 1 amide bonds. The molecule has 0 unspecified atom stereocenters. The van der Waals surface area contributed by atoms with E-state index in [2.05, 4.69) is 25.9 Å². The molecule has 0 aliphatic carbocycles. The van der Waals surface area contributed by atoms with Crippen LogP contribution >= 0.6 is 34.5 Å². The third-order valence-corrected chi connectivity index (χ3v) is 6.22. The van der Waals surface area contributed by atoms with E-state index in [-0.39, 0.29) is 20.6 Å². The lowest BCUT2D eigenvalue weighted by atomic mass is 10.1. The number of anilines is 1. The van der Waals surface area contributed by atoms with Crippen molar-refractivity contribution in [3.05, 3.63) is 38.5 Å². The largest absolute Gasteiger partial charge is 0.320 e. The van der Waals surface area contributed by atoms with Crippen LogP contribution in [0.5, 0.6) is 0 Å². The number of nitrogens with one attached hydrogen (secondary N) is 2. The van der Waals surface area contributed by atoms with Crippen LogP contribution < -0.4 is 5.32 Å². The van der Waals surface area contributed by atoms with Gasteiger partial charge < -0.3 is 5.32 Å². The van der Waals surface area contributed by atoms with E-state index in [4.69, 9.17) is 23.2 Å². The van der Waals surface area contributed by atoms with Crippen LogP contribution in [0.1, 0.15) is 9.67 Å². The monoisotopic (exact) mass is 417 g/mol. The Bertz CT molecular complexity index is 1050. The smallest absolute Gasteiger partial charge is 0.267 e. The summed E-state index contributed by atoms with van der Waals surface area (Å²) >= 11 is 13.0. The molecule has 0 radical (unpaired) electrons. The number of carbonyl (C=O) groups excluding carboxylic acids is 1. The fraction of sp³-hybridized carbons (Fsp3) is 0.0769. The maximum absolute atomic E-state index is 12.5. The number of amides is 1. The Morgan fingerprint density at radius 2 is 2.08 bits per heavy atom. The van der Waals surface area contributed by atoms with E-state index in [0.29, 0.717) is 16.3 Å². The number of sulfone groups is 1. The normalized spacial score (nSPS) is 11.5. The van der Waals surface area contributed by atoms with Crippen molar-refractivity contribution >= 4 is 56.0 Å². The van der Waals surface area contributed by atoms with Gasteiger partial charge in [0.2, 0.25) is 5.82 Å². The van der Waals surface area contributed by atoms with E-state index in [0.717, 1.165) is 17.6 Å². The third kappa shape index (κ3) is 3.66. The van der Waals surface area contributed by atoms with Crippen LogP contribution in [0.3, 0.4) is 0 Å². The van der Waals surface area contributed by atoms with Crippen LogP contribution in [0.25, 0.3) is 11.4 Å². The first-order valence-corrected chi connectivity index (χ1v) is 10.1. The van der Waals surface area contributed by atoms with Gasteiger partial charge in [0, 0.05) is 22.2 Å². The molecule has 0 spiro atoms. The number of halogens is 2. The molecule has 0 atom stereocenters. The fourth-order valence-corrected chi connectivity index (χ4v) is 4.98. The highest BCUT2D eigenvalue weighted by Crippen LogP contribution is 2.33. The maximum Gasteiger partial charge on any atom is 0.267 e. The van der Waals surface area contributed by atoms with Gasteiger partial charge in [-0.3, -0.25) is 4.79 Å². The molecule has 0 aliphatic heterocycles. The van der Waals surface area contributed by atoms with Gasteiger partial charge in [0.15, 0.2) is 9.84 Å². The molecule has 2 N–H and O–H groups in total. The lowest BCUT2D eigenvalue weighted by Crippen LogP contribution is -2.12. The van der Waals surface area contributed by atoms with Crippen LogP contribution in [-0.4, -0.2) is 41.2 Å². The zero-order chi connectivity index (χ0) is 18.2. The van der Waals surface area contributed by atoms with Gasteiger partial charge in [-0.1, -0.05) is 23.2 Å². The lowest BCUT2D eigenvalue weighted by molar-refractivity contribution is 0.103. The highest BCUT2D eigenvalue weighted by atomic mass is 35.5. The van der Waals surface area contributed by atoms with Gasteiger partial charge in [0.25, 0.3) is 5.91 Å². The molecule has 0 saturated carbocycles. The minimum atomic E-state index is -3.52. The molecule has 3 aromatic rings. The average Bonchev–Trinajstić information content (AvgIpc) is 3.16. The van der Waals surface area contributed by atoms with Crippen LogP contribution in [0.4, 0.5) is 5.69 Å². The summed E-state index contributed by atoms with van der Waals surface area (Å²) < 4.78 is 23.3. The first kappa shape index (κ1) is 17.8. The van der Waals surface area contributed by atoms with E-state index < -0.39 is 15.7 Å². The predicted octanol–water partition coefficient (Wildman–Crippen LogP) is 2.89. The Kier molecular flexibility index (Phi) is 4.78. The number of aromatic amines is 1. The highest BCUT2D eigenvalue weighted by Gasteiger charge is 2.23. The number of benzene rings is 1. The Labute approximate surface area is 156 Å². The number of hydrogen-bond donors (Lipinski definition) is 2. The van der Waals surface area contributed by atoms with Crippen molar-refractivity contribution in [1.82, 2.24) is 20.6 Å². The van der Waals surface area contributed by atoms with Gasteiger partial charge in [0.05, 0.1) is 15.6 Å². The number of rotatable bonds is 4. The van der Waals surface area contributed by atoms with E-state index in [9.17, 15) is 13.2 Å². The lowest BCUT2D eigenvalue weighted by Gasteiger charge is -2.09. The van der Waals surface area contributed by atoms with Crippen LogP contribution in [0.2, 0.25) is 10.0 Å². The minimum absolute atomic E-state index is 0.0705. The molecular weight excluding hydrogens is 409 g/mol. The summed E-state index contributed by atoms with van der Waals surface area (Å²) in [5, 5.41) is 17.8. The summed E-state index contributed by atoms with van der Waals surface area (Å²) in [6.07, 6.45) is 1.02. The average molecular weight is 418 g/mol. The van der Waals surface area contributed by atoms with Crippen molar-refractivity contribution in [2.24, 2.45) is 0 Å². The molecule has 0 aliphatic rings. The Hall–Kier alpha value is -2.01. The second kappa shape index (κ2) is 6.71. The summed E-state index contributed by atoms with van der Waals surface area (Å²) in [5.74, 6) is -0.307. The molecule has 0 fully saturated rings. The number of tetrazole rings is 1. The molecule has 2 aromatic heterocycles. The molecular formula is C13H9Cl2N5O3S2. The van der Waals surface area contributed by atoms with E-state index in [1.54, 1.807) is 12.1 Å². The third-order valence-electron chi connectivity index (χ3n) is 3.12. The van der Waals surface area contributed by atoms with E-state index >= 15 is 0 Å². The molecule has 130 valence electrons.